The first-order valence-electron chi connectivity index (χ1n) is 6.21. The molecule has 2 rings (SSSR count). The molecule has 5 heteroatoms. The van der Waals surface area contributed by atoms with Crippen LogP contribution in [0.5, 0.6) is 5.75 Å². The lowest BCUT2D eigenvalue weighted by Gasteiger charge is -2.21. The van der Waals surface area contributed by atoms with Gasteiger partial charge in [-0.2, -0.15) is 0 Å². The zero-order valence-electron chi connectivity index (χ0n) is 11.1. The molecule has 0 aromatic heterocycles. The molecular formula is C15H16ClFN2O. The summed E-state index contributed by atoms with van der Waals surface area (Å²) in [6.45, 7) is 0.207. The van der Waals surface area contributed by atoms with Gasteiger partial charge in [0.1, 0.15) is 11.6 Å². The van der Waals surface area contributed by atoms with Crippen molar-refractivity contribution in [1.29, 1.82) is 0 Å². The zero-order chi connectivity index (χ0) is 14.5. The van der Waals surface area contributed by atoms with Crippen LogP contribution < -0.4 is 15.8 Å². The molecule has 0 aliphatic heterocycles. The third-order valence-electron chi connectivity index (χ3n) is 3.02. The highest BCUT2D eigenvalue weighted by molar-refractivity contribution is 6.31. The summed E-state index contributed by atoms with van der Waals surface area (Å²) in [5, 5.41) is 3.52. The molecule has 0 spiro atoms. The summed E-state index contributed by atoms with van der Waals surface area (Å²) in [6.07, 6.45) is 0. The lowest BCUT2D eigenvalue weighted by molar-refractivity contribution is 0.416. The molecule has 1 unspecified atom stereocenters. The monoisotopic (exact) mass is 294 g/mol. The predicted octanol–water partition coefficient (Wildman–Crippen LogP) is 3.60. The molecule has 0 amide bonds. The van der Waals surface area contributed by atoms with Gasteiger partial charge in [-0.05, 0) is 24.3 Å². The third kappa shape index (κ3) is 3.03. The summed E-state index contributed by atoms with van der Waals surface area (Å²) in [7, 11) is 1.58. The molecule has 0 fully saturated rings. The highest BCUT2D eigenvalue weighted by atomic mass is 35.5. The minimum Gasteiger partial charge on any atom is -0.495 e. The predicted molar refractivity (Wildman–Crippen MR) is 79.8 cm³/mol. The number of nitrogens with two attached hydrogens (primary N) is 1. The Labute approximate surface area is 122 Å². The van der Waals surface area contributed by atoms with E-state index in [4.69, 9.17) is 22.1 Å². The van der Waals surface area contributed by atoms with Crippen LogP contribution in [0.25, 0.3) is 0 Å². The number of nitrogens with one attached hydrogen (secondary N) is 1. The number of halogens is 2. The number of methoxy groups -OCH3 is 1. The van der Waals surface area contributed by atoms with E-state index in [1.54, 1.807) is 19.2 Å². The van der Waals surface area contributed by atoms with Crippen LogP contribution >= 0.6 is 11.6 Å². The molecule has 2 aromatic rings. The molecule has 0 heterocycles. The maximum Gasteiger partial charge on any atom is 0.141 e. The Morgan fingerprint density at radius 3 is 2.65 bits per heavy atom. The molecular weight excluding hydrogens is 279 g/mol. The van der Waals surface area contributed by atoms with E-state index in [0.717, 1.165) is 5.69 Å². The Bertz CT molecular complexity index is 572. The Morgan fingerprint density at radius 1 is 1.25 bits per heavy atom. The number of para-hydroxylation sites is 2. The smallest absolute Gasteiger partial charge is 0.141 e. The second kappa shape index (κ2) is 6.59. The van der Waals surface area contributed by atoms with Gasteiger partial charge in [0.2, 0.25) is 0 Å². The second-order valence-electron chi connectivity index (χ2n) is 4.27. The van der Waals surface area contributed by atoms with Gasteiger partial charge >= 0.3 is 0 Å². The van der Waals surface area contributed by atoms with E-state index in [1.807, 2.05) is 24.3 Å². The van der Waals surface area contributed by atoms with E-state index in [9.17, 15) is 4.39 Å². The molecule has 1 atom stereocenters. The van der Waals surface area contributed by atoms with Crippen molar-refractivity contribution in [2.24, 2.45) is 5.73 Å². The van der Waals surface area contributed by atoms with E-state index in [0.29, 0.717) is 16.3 Å². The van der Waals surface area contributed by atoms with Gasteiger partial charge in [0.15, 0.2) is 0 Å². The first-order chi connectivity index (χ1) is 9.67. The molecule has 3 nitrogen and oxygen atoms in total. The van der Waals surface area contributed by atoms with Gasteiger partial charge in [-0.3, -0.25) is 0 Å². The summed E-state index contributed by atoms with van der Waals surface area (Å²) in [6, 6.07) is 11.5. The van der Waals surface area contributed by atoms with Gasteiger partial charge in [0, 0.05) is 17.1 Å². The Hall–Kier alpha value is -1.78. The van der Waals surface area contributed by atoms with Gasteiger partial charge < -0.3 is 15.8 Å². The standard InChI is InChI=1S/C15H16ClFN2O/c1-20-14-8-3-2-7-12(14)19-13(9-18)15-10(16)5-4-6-11(15)17/h2-8,13,19H,9,18H2,1H3. The highest BCUT2D eigenvalue weighted by Gasteiger charge is 2.18. The topological polar surface area (TPSA) is 47.3 Å². The number of ether oxygens (including phenoxy) is 1. The Balaban J connectivity index is 2.34. The van der Waals surface area contributed by atoms with Gasteiger partial charge in [-0.15, -0.1) is 0 Å². The van der Waals surface area contributed by atoms with E-state index >= 15 is 0 Å². The van der Waals surface area contributed by atoms with Crippen LogP contribution in [0.2, 0.25) is 5.02 Å². The quantitative estimate of drug-likeness (QED) is 0.886. The third-order valence-corrected chi connectivity index (χ3v) is 3.35. The molecule has 106 valence electrons. The molecule has 0 radical (unpaired) electrons. The minimum atomic E-state index is -0.431. The average Bonchev–Trinajstić information content (AvgIpc) is 2.46. The molecule has 0 aliphatic rings. The van der Waals surface area contributed by atoms with Crippen LogP contribution in [0.3, 0.4) is 0 Å². The van der Waals surface area contributed by atoms with Crippen molar-refractivity contribution in [3.05, 3.63) is 58.9 Å². The molecule has 0 bridgehead atoms. The van der Waals surface area contributed by atoms with Crippen molar-refractivity contribution in [3.8, 4) is 5.75 Å². The molecule has 0 saturated carbocycles. The lowest BCUT2D eigenvalue weighted by atomic mass is 10.1. The first kappa shape index (κ1) is 14.6. The van der Waals surface area contributed by atoms with Gasteiger partial charge in [0.25, 0.3) is 0 Å². The number of anilines is 1. The van der Waals surface area contributed by atoms with Crippen molar-refractivity contribution in [1.82, 2.24) is 0 Å². The fourth-order valence-corrected chi connectivity index (χ4v) is 2.34. The minimum absolute atomic E-state index is 0.207. The number of hydrogen-bond acceptors (Lipinski definition) is 3. The van der Waals surface area contributed by atoms with Gasteiger partial charge in [-0.25, -0.2) is 4.39 Å². The SMILES string of the molecule is COc1ccccc1NC(CN)c1c(F)cccc1Cl. The molecule has 2 aromatic carbocycles. The van der Waals surface area contributed by atoms with Crippen LogP contribution in [0.1, 0.15) is 11.6 Å². The fourth-order valence-electron chi connectivity index (χ4n) is 2.04. The van der Waals surface area contributed by atoms with Crippen LogP contribution in [0.15, 0.2) is 42.5 Å². The van der Waals surface area contributed by atoms with E-state index in [-0.39, 0.29) is 12.4 Å². The van der Waals surface area contributed by atoms with Crippen molar-refractivity contribution in [2.75, 3.05) is 19.0 Å². The van der Waals surface area contributed by atoms with Crippen LogP contribution in [0, 0.1) is 5.82 Å². The van der Waals surface area contributed by atoms with E-state index in [2.05, 4.69) is 5.32 Å². The number of hydrogen-bond donors (Lipinski definition) is 2. The lowest BCUT2D eigenvalue weighted by Crippen LogP contribution is -2.22. The van der Waals surface area contributed by atoms with Crippen molar-refractivity contribution >= 4 is 17.3 Å². The van der Waals surface area contributed by atoms with Crippen molar-refractivity contribution in [2.45, 2.75) is 6.04 Å². The second-order valence-corrected chi connectivity index (χ2v) is 4.68. The van der Waals surface area contributed by atoms with Crippen LogP contribution in [-0.2, 0) is 0 Å². The maximum absolute atomic E-state index is 14.0. The van der Waals surface area contributed by atoms with Gasteiger partial charge in [0.05, 0.1) is 18.8 Å². The van der Waals surface area contributed by atoms with E-state index < -0.39 is 6.04 Å². The summed E-state index contributed by atoms with van der Waals surface area (Å²) >= 11 is 6.08. The molecule has 0 saturated heterocycles. The Kier molecular flexibility index (Phi) is 4.82. The van der Waals surface area contributed by atoms with E-state index in [1.165, 1.54) is 6.07 Å². The summed E-state index contributed by atoms with van der Waals surface area (Å²) in [4.78, 5) is 0. The van der Waals surface area contributed by atoms with Crippen molar-refractivity contribution < 1.29 is 9.13 Å². The first-order valence-corrected chi connectivity index (χ1v) is 6.58. The number of rotatable bonds is 5. The summed E-state index contributed by atoms with van der Waals surface area (Å²) in [5.41, 5.74) is 6.86. The Morgan fingerprint density at radius 2 is 2.00 bits per heavy atom. The molecule has 3 N–H and O–H groups in total. The number of benzene rings is 2. The van der Waals surface area contributed by atoms with Crippen molar-refractivity contribution in [3.63, 3.8) is 0 Å². The fraction of sp³-hybridized carbons (Fsp3) is 0.200. The maximum atomic E-state index is 14.0. The van der Waals surface area contributed by atoms with Crippen LogP contribution in [-0.4, -0.2) is 13.7 Å². The molecule has 0 aliphatic carbocycles. The van der Waals surface area contributed by atoms with Crippen LogP contribution in [0.4, 0.5) is 10.1 Å². The normalized spacial score (nSPS) is 12.0. The zero-order valence-corrected chi connectivity index (χ0v) is 11.8. The summed E-state index contributed by atoms with van der Waals surface area (Å²) < 4.78 is 19.2. The molecule has 20 heavy (non-hydrogen) atoms. The average molecular weight is 295 g/mol. The highest BCUT2D eigenvalue weighted by Crippen LogP contribution is 2.31. The van der Waals surface area contributed by atoms with Gasteiger partial charge in [-0.1, -0.05) is 29.8 Å². The largest absolute Gasteiger partial charge is 0.495 e. The summed E-state index contributed by atoms with van der Waals surface area (Å²) in [5.74, 6) is 0.286.